The lowest BCUT2D eigenvalue weighted by molar-refractivity contribution is 0.332. The van der Waals surface area contributed by atoms with Gasteiger partial charge in [-0.15, -0.1) is 0 Å². The molecule has 8 aromatic rings. The summed E-state index contributed by atoms with van der Waals surface area (Å²) in [5.74, 6) is 0. The minimum atomic E-state index is -0.456. The highest BCUT2D eigenvalue weighted by Gasteiger charge is 2.52. The van der Waals surface area contributed by atoms with E-state index in [0.29, 0.717) is 0 Å². The Kier molecular flexibility index (Phi) is 8.52. The van der Waals surface area contributed by atoms with Crippen LogP contribution in [0.3, 0.4) is 0 Å². The highest BCUT2D eigenvalue weighted by atomic mass is 15.1. The highest BCUT2D eigenvalue weighted by molar-refractivity contribution is 6.01. The summed E-state index contributed by atoms with van der Waals surface area (Å²) < 4.78 is 0. The van der Waals surface area contributed by atoms with Gasteiger partial charge in [0.2, 0.25) is 0 Å². The molecule has 63 heavy (non-hydrogen) atoms. The number of aryl methyl sites for hydroxylation is 2. The Labute approximate surface area is 374 Å². The van der Waals surface area contributed by atoms with Crippen molar-refractivity contribution >= 4 is 17.1 Å². The van der Waals surface area contributed by atoms with E-state index in [0.717, 1.165) is 12.8 Å². The third-order valence-corrected chi connectivity index (χ3v) is 15.7. The molecule has 0 aliphatic heterocycles. The molecular formula is C62H55N. The van der Waals surface area contributed by atoms with Crippen LogP contribution in [0.25, 0.3) is 44.5 Å². The van der Waals surface area contributed by atoms with E-state index in [1.807, 2.05) is 0 Å². The topological polar surface area (TPSA) is 3.24 Å². The Balaban J connectivity index is 1.21. The van der Waals surface area contributed by atoms with Crippen molar-refractivity contribution in [3.8, 4) is 44.5 Å². The van der Waals surface area contributed by atoms with Gasteiger partial charge in [0.15, 0.2) is 0 Å². The predicted octanol–water partition coefficient (Wildman–Crippen LogP) is 16.4. The summed E-state index contributed by atoms with van der Waals surface area (Å²) in [5, 5.41) is 0. The Morgan fingerprint density at radius 3 is 1.63 bits per heavy atom. The standard InChI is InChI=1S/C62H55N/c1-40-27-28-43-19-9-10-20-46(43)59(40)51-38-50-49-23-13-16-26-54(49)62(52-24-14-11-21-47(52)48-22-12-15-25-53(48)62)56(50)39-58(51)63(44-31-29-42(30-32-44)41-17-7-6-8-18-41)45-33-34-55-57(37-45)61(4,5)36-35-60(55,2)3/h6-8,11-18,21-34,37-39H,9-10,19-20,35-36H2,1-5H3. The van der Waals surface area contributed by atoms with Crippen molar-refractivity contribution in [3.05, 3.63) is 220 Å². The summed E-state index contributed by atoms with van der Waals surface area (Å²) in [7, 11) is 0. The van der Waals surface area contributed by atoms with Gasteiger partial charge in [-0.25, -0.2) is 0 Å². The molecule has 8 aromatic carbocycles. The molecule has 0 saturated heterocycles. The van der Waals surface area contributed by atoms with Gasteiger partial charge in [0.1, 0.15) is 0 Å². The van der Waals surface area contributed by atoms with Crippen molar-refractivity contribution in [1.82, 2.24) is 0 Å². The third-order valence-electron chi connectivity index (χ3n) is 15.7. The average Bonchev–Trinajstić information content (AvgIpc) is 3.78. The van der Waals surface area contributed by atoms with Crippen molar-refractivity contribution in [2.45, 2.75) is 89.4 Å². The van der Waals surface area contributed by atoms with E-state index in [9.17, 15) is 0 Å². The van der Waals surface area contributed by atoms with E-state index in [1.54, 1.807) is 0 Å². The molecule has 0 N–H and O–H groups in total. The van der Waals surface area contributed by atoms with E-state index in [4.69, 9.17) is 0 Å². The maximum absolute atomic E-state index is 2.64. The van der Waals surface area contributed by atoms with E-state index >= 15 is 0 Å². The quantitative estimate of drug-likeness (QED) is 0.167. The molecule has 0 atom stereocenters. The molecule has 308 valence electrons. The summed E-state index contributed by atoms with van der Waals surface area (Å²) >= 11 is 0. The number of nitrogens with zero attached hydrogens (tertiary/aromatic N) is 1. The van der Waals surface area contributed by atoms with Crippen LogP contribution in [0, 0.1) is 6.92 Å². The summed E-state index contributed by atoms with van der Waals surface area (Å²) in [5.41, 5.74) is 26.7. The lowest BCUT2D eigenvalue weighted by atomic mass is 9.63. The van der Waals surface area contributed by atoms with Crippen molar-refractivity contribution in [3.63, 3.8) is 0 Å². The lowest BCUT2D eigenvalue weighted by Crippen LogP contribution is -2.34. The number of fused-ring (bicyclic) bond motifs is 12. The van der Waals surface area contributed by atoms with Crippen LogP contribution in [0.5, 0.6) is 0 Å². The fourth-order valence-electron chi connectivity index (χ4n) is 12.4. The van der Waals surface area contributed by atoms with Crippen molar-refractivity contribution in [2.24, 2.45) is 0 Å². The van der Waals surface area contributed by atoms with Gasteiger partial charge in [0.05, 0.1) is 11.1 Å². The zero-order valence-electron chi connectivity index (χ0n) is 37.4. The molecule has 0 unspecified atom stereocenters. The number of benzene rings is 8. The van der Waals surface area contributed by atoms with Gasteiger partial charge in [-0.2, -0.15) is 0 Å². The molecular weight excluding hydrogens is 759 g/mol. The molecule has 0 saturated carbocycles. The molecule has 0 amide bonds. The van der Waals surface area contributed by atoms with Gasteiger partial charge in [-0.1, -0.05) is 161 Å². The van der Waals surface area contributed by atoms with Crippen LogP contribution in [-0.4, -0.2) is 0 Å². The first-order chi connectivity index (χ1) is 30.6. The second-order valence-electron chi connectivity index (χ2n) is 20.1. The minimum absolute atomic E-state index is 0.0581. The number of anilines is 3. The van der Waals surface area contributed by atoms with E-state index in [-0.39, 0.29) is 10.8 Å². The van der Waals surface area contributed by atoms with E-state index < -0.39 is 5.41 Å². The molecule has 0 aromatic heterocycles. The minimum Gasteiger partial charge on any atom is -0.310 e. The van der Waals surface area contributed by atoms with E-state index in [2.05, 4.69) is 209 Å². The van der Waals surface area contributed by atoms with Gasteiger partial charge in [0, 0.05) is 16.9 Å². The van der Waals surface area contributed by atoms with Crippen molar-refractivity contribution in [2.75, 3.05) is 4.90 Å². The van der Waals surface area contributed by atoms with Crippen LogP contribution in [-0.2, 0) is 29.1 Å². The van der Waals surface area contributed by atoms with E-state index in [1.165, 1.54) is 137 Å². The smallest absolute Gasteiger partial charge is 0.0726 e. The highest BCUT2D eigenvalue weighted by Crippen LogP contribution is 2.64. The van der Waals surface area contributed by atoms with Crippen LogP contribution in [0.4, 0.5) is 17.1 Å². The molecule has 0 fully saturated rings. The Morgan fingerprint density at radius 1 is 0.413 bits per heavy atom. The van der Waals surface area contributed by atoms with Crippen LogP contribution >= 0.6 is 0 Å². The fourth-order valence-corrected chi connectivity index (χ4v) is 12.4. The predicted molar refractivity (Wildman–Crippen MR) is 265 cm³/mol. The number of hydrogen-bond acceptors (Lipinski definition) is 1. The zero-order valence-corrected chi connectivity index (χ0v) is 37.4. The van der Waals surface area contributed by atoms with Gasteiger partial charge in [0.25, 0.3) is 0 Å². The van der Waals surface area contributed by atoms with Gasteiger partial charge >= 0.3 is 0 Å². The van der Waals surface area contributed by atoms with Crippen LogP contribution in [0.15, 0.2) is 170 Å². The SMILES string of the molecule is Cc1ccc2c(c1-c1cc3c(cc1N(c1ccc(-c4ccccc4)cc1)c1ccc4c(c1)C(C)(C)CCC4(C)C)C1(c4ccccc4-c4ccccc41)c1ccccc1-3)CCCC2. The second-order valence-corrected chi connectivity index (χ2v) is 20.1. The Bertz CT molecular complexity index is 3080. The maximum Gasteiger partial charge on any atom is 0.0726 e. The molecule has 0 heterocycles. The Morgan fingerprint density at radius 2 is 0.968 bits per heavy atom. The average molecular weight is 814 g/mol. The number of rotatable bonds is 5. The first-order valence-electron chi connectivity index (χ1n) is 23.4. The summed E-state index contributed by atoms with van der Waals surface area (Å²) in [6.07, 6.45) is 7.09. The maximum atomic E-state index is 2.64. The number of hydrogen-bond donors (Lipinski definition) is 0. The lowest BCUT2D eigenvalue weighted by Gasteiger charge is -2.42. The fraction of sp³-hybridized carbons (Fsp3) is 0.226. The molecule has 1 nitrogen and oxygen atoms in total. The van der Waals surface area contributed by atoms with Crippen LogP contribution in [0.1, 0.15) is 103 Å². The molecule has 0 radical (unpaired) electrons. The molecule has 4 aliphatic carbocycles. The molecule has 12 rings (SSSR count). The summed E-state index contributed by atoms with van der Waals surface area (Å²) in [4.78, 5) is 2.63. The van der Waals surface area contributed by atoms with Crippen LogP contribution in [0.2, 0.25) is 0 Å². The molecule has 1 heteroatoms. The monoisotopic (exact) mass is 813 g/mol. The first kappa shape index (κ1) is 38.3. The second kappa shape index (κ2) is 14.0. The molecule has 1 spiro atoms. The van der Waals surface area contributed by atoms with Crippen LogP contribution < -0.4 is 4.90 Å². The molecule has 4 aliphatic rings. The van der Waals surface area contributed by atoms with Gasteiger partial charge < -0.3 is 4.90 Å². The third kappa shape index (κ3) is 5.61. The van der Waals surface area contributed by atoms with Gasteiger partial charge in [-0.05, 0) is 182 Å². The van der Waals surface area contributed by atoms with Crippen molar-refractivity contribution < 1.29 is 0 Å². The Hall–Kier alpha value is -6.44. The summed E-state index contributed by atoms with van der Waals surface area (Å²) in [6, 6.07) is 65.5. The first-order valence-corrected chi connectivity index (χ1v) is 23.4. The largest absolute Gasteiger partial charge is 0.310 e. The van der Waals surface area contributed by atoms with Gasteiger partial charge in [-0.3, -0.25) is 0 Å². The zero-order chi connectivity index (χ0) is 42.7. The molecule has 0 bridgehead atoms. The van der Waals surface area contributed by atoms with Crippen molar-refractivity contribution in [1.29, 1.82) is 0 Å². The normalized spacial score (nSPS) is 16.7. The summed E-state index contributed by atoms with van der Waals surface area (Å²) in [6.45, 7) is 12.1.